The molecule has 0 saturated carbocycles. The van der Waals surface area contributed by atoms with Crippen LogP contribution >= 0.6 is 0 Å². The summed E-state index contributed by atoms with van der Waals surface area (Å²) in [7, 11) is 1.86. The lowest BCUT2D eigenvalue weighted by molar-refractivity contribution is 0.0947. The largest absolute Gasteiger partial charge is 0.489 e. The predicted octanol–water partition coefficient (Wildman–Crippen LogP) is 2.33. The smallest absolute Gasteiger partial charge is 0.253 e. The highest BCUT2D eigenvalue weighted by Gasteiger charge is 2.09. The fraction of sp³-hybridized carbons (Fsp3) is 0.158. The molecule has 130 valence electrons. The van der Waals surface area contributed by atoms with Gasteiger partial charge >= 0.3 is 0 Å². The lowest BCUT2D eigenvalue weighted by Crippen LogP contribution is -2.28. The van der Waals surface area contributed by atoms with E-state index in [0.29, 0.717) is 30.0 Å². The highest BCUT2D eigenvalue weighted by Crippen LogP contribution is 2.22. The molecule has 0 aliphatic heterocycles. The molecule has 4 aromatic rings. The number of ether oxygens (including phenoxy) is 1. The van der Waals surface area contributed by atoms with Crippen LogP contribution in [0.1, 0.15) is 10.4 Å². The minimum absolute atomic E-state index is 0.204. The number of aromatic nitrogens is 4. The van der Waals surface area contributed by atoms with Crippen LogP contribution < -0.4 is 10.1 Å². The summed E-state index contributed by atoms with van der Waals surface area (Å²) in [6.45, 7) is 0.725. The third-order valence-corrected chi connectivity index (χ3v) is 4.05. The predicted molar refractivity (Wildman–Crippen MR) is 98.1 cm³/mol. The highest BCUT2D eigenvalue weighted by molar-refractivity contribution is 5.96. The van der Waals surface area contributed by atoms with Crippen LogP contribution in [0, 0.1) is 0 Å². The van der Waals surface area contributed by atoms with Gasteiger partial charge in [0.05, 0.1) is 18.4 Å². The Kier molecular flexibility index (Phi) is 4.18. The number of hydrogen-bond donors (Lipinski definition) is 1. The van der Waals surface area contributed by atoms with Gasteiger partial charge in [0, 0.05) is 24.8 Å². The van der Waals surface area contributed by atoms with Gasteiger partial charge in [-0.15, -0.1) is 0 Å². The number of hydrogen-bond acceptors (Lipinski definition) is 5. The van der Waals surface area contributed by atoms with Gasteiger partial charge in [0.25, 0.3) is 5.91 Å². The summed E-state index contributed by atoms with van der Waals surface area (Å²) < 4.78 is 7.58. The Bertz CT molecular complexity index is 1080. The molecule has 3 heterocycles. The average molecular weight is 347 g/mol. The molecular formula is C19H17N5O2. The number of nitrogens with one attached hydrogen (secondary N) is 1. The van der Waals surface area contributed by atoms with Gasteiger partial charge < -0.3 is 14.6 Å². The van der Waals surface area contributed by atoms with Crippen LogP contribution in [0.2, 0.25) is 0 Å². The van der Waals surface area contributed by atoms with Crippen molar-refractivity contribution in [3.63, 3.8) is 0 Å². The Hall–Kier alpha value is -3.48. The van der Waals surface area contributed by atoms with E-state index in [-0.39, 0.29) is 5.91 Å². The molecule has 1 N–H and O–H groups in total. The second kappa shape index (κ2) is 6.79. The van der Waals surface area contributed by atoms with E-state index >= 15 is 0 Å². The lowest BCUT2D eigenvalue weighted by atomic mass is 10.2. The molecule has 7 heteroatoms. The van der Waals surface area contributed by atoms with E-state index in [1.807, 2.05) is 41.9 Å². The van der Waals surface area contributed by atoms with Crippen molar-refractivity contribution in [2.24, 2.45) is 7.05 Å². The fourth-order valence-electron chi connectivity index (χ4n) is 2.76. The second-order valence-corrected chi connectivity index (χ2v) is 5.86. The number of nitrogens with zero attached hydrogens (tertiary/aromatic N) is 4. The van der Waals surface area contributed by atoms with Crippen molar-refractivity contribution in [1.29, 1.82) is 0 Å². The average Bonchev–Trinajstić information content (AvgIpc) is 3.05. The summed E-state index contributed by atoms with van der Waals surface area (Å²) in [5.41, 5.74) is 2.72. The fourth-order valence-corrected chi connectivity index (χ4v) is 2.76. The standard InChI is InChI=1S/C19H17N5O2/c1-24-12-23-15-10-14(11-22-18(15)24)19(25)21-8-9-26-16-6-2-4-13-5-3-7-20-17(13)16/h2-7,10-12H,8-9H2,1H3,(H,21,25). The van der Waals surface area contributed by atoms with Crippen LogP contribution in [0.15, 0.2) is 55.1 Å². The number of carbonyl (C=O) groups excluding carboxylic acids is 1. The molecule has 0 radical (unpaired) electrons. The zero-order valence-electron chi connectivity index (χ0n) is 14.2. The summed E-state index contributed by atoms with van der Waals surface area (Å²) >= 11 is 0. The number of benzene rings is 1. The van der Waals surface area contributed by atoms with Crippen molar-refractivity contribution in [3.8, 4) is 5.75 Å². The van der Waals surface area contributed by atoms with Gasteiger partial charge in [0.15, 0.2) is 5.65 Å². The summed E-state index contributed by atoms with van der Waals surface area (Å²) in [5.74, 6) is 0.499. The first-order valence-corrected chi connectivity index (χ1v) is 8.24. The van der Waals surface area contributed by atoms with Crippen molar-refractivity contribution in [2.45, 2.75) is 0 Å². The molecule has 0 atom stereocenters. The van der Waals surface area contributed by atoms with Gasteiger partial charge in [-0.3, -0.25) is 9.78 Å². The number of aryl methyl sites for hydroxylation is 1. The maximum absolute atomic E-state index is 12.3. The molecule has 0 bridgehead atoms. The van der Waals surface area contributed by atoms with Gasteiger partial charge in [-0.25, -0.2) is 9.97 Å². The molecular weight excluding hydrogens is 330 g/mol. The van der Waals surface area contributed by atoms with E-state index in [0.717, 1.165) is 16.6 Å². The molecule has 3 aromatic heterocycles. The van der Waals surface area contributed by atoms with Gasteiger partial charge in [-0.05, 0) is 18.2 Å². The maximum Gasteiger partial charge on any atom is 0.253 e. The van der Waals surface area contributed by atoms with Crippen molar-refractivity contribution in [1.82, 2.24) is 24.8 Å². The van der Waals surface area contributed by atoms with Crippen molar-refractivity contribution in [2.75, 3.05) is 13.2 Å². The van der Waals surface area contributed by atoms with Crippen molar-refractivity contribution < 1.29 is 9.53 Å². The van der Waals surface area contributed by atoms with Gasteiger partial charge in [0.2, 0.25) is 0 Å². The van der Waals surface area contributed by atoms with Gasteiger partial charge in [-0.2, -0.15) is 0 Å². The minimum Gasteiger partial charge on any atom is -0.489 e. The molecule has 0 spiro atoms. The zero-order valence-corrected chi connectivity index (χ0v) is 14.2. The number of imidazole rings is 1. The van der Waals surface area contributed by atoms with Crippen LogP contribution in [0.25, 0.3) is 22.1 Å². The van der Waals surface area contributed by atoms with E-state index in [4.69, 9.17) is 4.74 Å². The first-order chi connectivity index (χ1) is 12.7. The van der Waals surface area contributed by atoms with E-state index in [1.165, 1.54) is 0 Å². The molecule has 4 rings (SSSR count). The Labute approximate surface area is 149 Å². The molecule has 26 heavy (non-hydrogen) atoms. The number of pyridine rings is 2. The Morgan fingerprint density at radius 3 is 3.00 bits per heavy atom. The molecule has 7 nitrogen and oxygen atoms in total. The Morgan fingerprint density at radius 2 is 2.08 bits per heavy atom. The SMILES string of the molecule is Cn1cnc2cc(C(=O)NCCOc3cccc4cccnc34)cnc21. The maximum atomic E-state index is 12.3. The number of fused-ring (bicyclic) bond motifs is 2. The van der Waals surface area contributed by atoms with E-state index in [9.17, 15) is 4.79 Å². The zero-order chi connectivity index (χ0) is 17.9. The van der Waals surface area contributed by atoms with Crippen molar-refractivity contribution >= 4 is 28.0 Å². The van der Waals surface area contributed by atoms with E-state index in [2.05, 4.69) is 20.3 Å². The topological polar surface area (TPSA) is 81.9 Å². The van der Waals surface area contributed by atoms with Gasteiger partial charge in [-0.1, -0.05) is 18.2 Å². The summed E-state index contributed by atoms with van der Waals surface area (Å²) in [5, 5.41) is 3.85. The molecule has 1 aromatic carbocycles. The third kappa shape index (κ3) is 3.06. The molecule has 0 aliphatic rings. The summed E-state index contributed by atoms with van der Waals surface area (Å²) in [6.07, 6.45) is 4.96. The van der Waals surface area contributed by atoms with Crippen LogP contribution in [0.4, 0.5) is 0 Å². The monoisotopic (exact) mass is 347 g/mol. The Balaban J connectivity index is 1.37. The quantitative estimate of drug-likeness (QED) is 0.560. The molecule has 0 fully saturated rings. The summed E-state index contributed by atoms with van der Waals surface area (Å²) in [6, 6.07) is 11.4. The van der Waals surface area contributed by atoms with E-state index < -0.39 is 0 Å². The number of para-hydroxylation sites is 1. The molecule has 0 saturated heterocycles. The third-order valence-electron chi connectivity index (χ3n) is 4.05. The van der Waals surface area contributed by atoms with Crippen LogP contribution in [-0.4, -0.2) is 38.6 Å². The second-order valence-electron chi connectivity index (χ2n) is 5.86. The summed E-state index contributed by atoms with van der Waals surface area (Å²) in [4.78, 5) is 25.1. The molecule has 0 aliphatic carbocycles. The first kappa shape index (κ1) is 16.0. The van der Waals surface area contributed by atoms with E-state index in [1.54, 1.807) is 24.8 Å². The van der Waals surface area contributed by atoms with Crippen LogP contribution in [0.3, 0.4) is 0 Å². The molecule has 1 amide bonds. The molecule has 0 unspecified atom stereocenters. The number of amides is 1. The van der Waals surface area contributed by atoms with Crippen LogP contribution in [0.5, 0.6) is 5.75 Å². The Morgan fingerprint density at radius 1 is 1.19 bits per heavy atom. The number of rotatable bonds is 5. The lowest BCUT2D eigenvalue weighted by Gasteiger charge is -2.09. The number of carbonyl (C=O) groups is 1. The van der Waals surface area contributed by atoms with Gasteiger partial charge in [0.1, 0.15) is 23.4 Å². The van der Waals surface area contributed by atoms with Crippen LogP contribution in [-0.2, 0) is 7.05 Å². The minimum atomic E-state index is -0.204. The van der Waals surface area contributed by atoms with Crippen molar-refractivity contribution in [3.05, 3.63) is 60.7 Å². The normalized spacial score (nSPS) is 11.0. The first-order valence-electron chi connectivity index (χ1n) is 8.24. The highest BCUT2D eigenvalue weighted by atomic mass is 16.5.